The first kappa shape index (κ1) is 43.4. The van der Waals surface area contributed by atoms with Crippen molar-refractivity contribution in [3.63, 3.8) is 0 Å². The quantitative estimate of drug-likeness (QED) is 0.0580. The first-order chi connectivity index (χ1) is 24.0. The third kappa shape index (κ3) is 14.8. The molecule has 0 aliphatic carbocycles. The van der Waals surface area contributed by atoms with Gasteiger partial charge in [0.2, 0.25) is 0 Å². The van der Waals surface area contributed by atoms with E-state index in [1.54, 1.807) is 0 Å². The zero-order valence-electron chi connectivity index (χ0n) is 31.9. The van der Waals surface area contributed by atoms with Crippen molar-refractivity contribution >= 4 is 0 Å². The molecule has 0 unspecified atom stereocenters. The Morgan fingerprint density at radius 2 is 0.653 bits per heavy atom. The standard InChI is InChI=1S/C45H76O4/c1-3-5-7-9-11-13-15-17-19-21-23-25-31-40-33-27-29-35-42(40)45(49,44(37-46,38-47)39-48)43-36-30-28-34-41(43)32-26-24-22-20-18-16-14-12-10-8-6-4-2/h27-30,33-36,46-49H,3-26,31-32,37-39H2,1-2H3. The van der Waals surface area contributed by atoms with Crippen LogP contribution in [0.15, 0.2) is 48.5 Å². The molecule has 0 aliphatic rings. The van der Waals surface area contributed by atoms with Crippen LogP contribution in [0.3, 0.4) is 0 Å². The molecule has 0 atom stereocenters. The number of aliphatic hydroxyl groups is 4. The van der Waals surface area contributed by atoms with Crippen molar-refractivity contribution < 1.29 is 20.4 Å². The summed E-state index contributed by atoms with van der Waals surface area (Å²) < 4.78 is 0. The van der Waals surface area contributed by atoms with Crippen LogP contribution in [-0.4, -0.2) is 40.2 Å². The monoisotopic (exact) mass is 681 g/mol. The third-order valence-electron chi connectivity index (χ3n) is 11.1. The first-order valence-corrected chi connectivity index (χ1v) is 20.8. The van der Waals surface area contributed by atoms with Gasteiger partial charge < -0.3 is 20.4 Å². The lowest BCUT2D eigenvalue weighted by Crippen LogP contribution is -2.55. The van der Waals surface area contributed by atoms with Crippen LogP contribution in [0.25, 0.3) is 0 Å². The molecule has 0 saturated heterocycles. The van der Waals surface area contributed by atoms with Gasteiger partial charge in [-0.15, -0.1) is 0 Å². The van der Waals surface area contributed by atoms with Crippen LogP contribution >= 0.6 is 0 Å². The molecule has 0 heterocycles. The molecule has 2 aromatic carbocycles. The molecule has 0 fully saturated rings. The predicted molar refractivity (Wildman–Crippen MR) is 209 cm³/mol. The molecule has 4 nitrogen and oxygen atoms in total. The molecule has 2 aromatic rings. The van der Waals surface area contributed by atoms with E-state index >= 15 is 0 Å². The molecule has 280 valence electrons. The maximum atomic E-state index is 12.9. The van der Waals surface area contributed by atoms with Crippen molar-refractivity contribution in [3.05, 3.63) is 70.8 Å². The van der Waals surface area contributed by atoms with Crippen molar-refractivity contribution in [1.29, 1.82) is 0 Å². The van der Waals surface area contributed by atoms with Gasteiger partial charge in [-0.2, -0.15) is 0 Å². The summed E-state index contributed by atoms with van der Waals surface area (Å²) in [5.74, 6) is 0. The molecule has 0 amide bonds. The van der Waals surface area contributed by atoms with Gasteiger partial charge >= 0.3 is 0 Å². The van der Waals surface area contributed by atoms with Gasteiger partial charge in [-0.25, -0.2) is 0 Å². The molecule has 49 heavy (non-hydrogen) atoms. The Kier molecular flexibility index (Phi) is 23.9. The highest BCUT2D eigenvalue weighted by molar-refractivity contribution is 5.47. The van der Waals surface area contributed by atoms with Crippen LogP contribution in [-0.2, 0) is 18.4 Å². The number of hydrogen-bond acceptors (Lipinski definition) is 4. The van der Waals surface area contributed by atoms with Gasteiger partial charge in [-0.05, 0) is 47.9 Å². The second-order valence-corrected chi connectivity index (χ2v) is 15.1. The Hall–Kier alpha value is -1.72. The van der Waals surface area contributed by atoms with E-state index in [2.05, 4.69) is 26.0 Å². The van der Waals surface area contributed by atoms with Gasteiger partial charge in [-0.1, -0.05) is 204 Å². The summed E-state index contributed by atoms with van der Waals surface area (Å²) in [5, 5.41) is 45.1. The average Bonchev–Trinajstić information content (AvgIpc) is 3.13. The van der Waals surface area contributed by atoms with Gasteiger partial charge in [0.1, 0.15) is 5.60 Å². The highest BCUT2D eigenvalue weighted by Crippen LogP contribution is 2.47. The van der Waals surface area contributed by atoms with Crippen molar-refractivity contribution in [2.75, 3.05) is 19.8 Å². The lowest BCUT2D eigenvalue weighted by atomic mass is 9.63. The maximum Gasteiger partial charge on any atom is 0.127 e. The van der Waals surface area contributed by atoms with Gasteiger partial charge in [0.05, 0.1) is 25.2 Å². The molecule has 2 rings (SSSR count). The zero-order valence-corrected chi connectivity index (χ0v) is 31.9. The first-order valence-electron chi connectivity index (χ1n) is 20.8. The van der Waals surface area contributed by atoms with Gasteiger partial charge in [0, 0.05) is 0 Å². The molecule has 4 N–H and O–H groups in total. The van der Waals surface area contributed by atoms with E-state index in [1.165, 1.54) is 128 Å². The summed E-state index contributed by atoms with van der Waals surface area (Å²) in [5.41, 5.74) is 0.155. The Morgan fingerprint density at radius 1 is 0.388 bits per heavy atom. The SMILES string of the molecule is CCCCCCCCCCCCCCc1ccccc1C(O)(c1ccccc1CCCCCCCCCCCCCC)C(CO)(CO)CO. The second kappa shape index (κ2) is 27.0. The molecule has 0 aliphatic heterocycles. The molecule has 0 radical (unpaired) electrons. The molecule has 0 spiro atoms. The van der Waals surface area contributed by atoms with E-state index in [-0.39, 0.29) is 0 Å². The zero-order chi connectivity index (χ0) is 35.5. The Balaban J connectivity index is 2.03. The Labute approximate surface area is 302 Å². The summed E-state index contributed by atoms with van der Waals surface area (Å²) >= 11 is 0. The Bertz CT molecular complexity index is 982. The molecular weight excluding hydrogens is 604 g/mol. The van der Waals surface area contributed by atoms with E-state index in [1.807, 2.05) is 36.4 Å². The van der Waals surface area contributed by atoms with Gasteiger partial charge in [-0.3, -0.25) is 0 Å². The Morgan fingerprint density at radius 3 is 0.939 bits per heavy atom. The van der Waals surface area contributed by atoms with Gasteiger partial charge in [0.15, 0.2) is 0 Å². The van der Waals surface area contributed by atoms with Crippen LogP contribution in [0.5, 0.6) is 0 Å². The summed E-state index contributed by atoms with van der Waals surface area (Å²) in [6.07, 6.45) is 32.6. The normalized spacial score (nSPS) is 12.2. The maximum absolute atomic E-state index is 12.9. The van der Waals surface area contributed by atoms with E-state index in [0.29, 0.717) is 11.1 Å². The second-order valence-electron chi connectivity index (χ2n) is 15.1. The number of benzene rings is 2. The third-order valence-corrected chi connectivity index (χ3v) is 11.1. The number of aryl methyl sites for hydroxylation is 2. The highest BCUT2D eigenvalue weighted by Gasteiger charge is 2.53. The average molecular weight is 681 g/mol. The molecule has 0 saturated carbocycles. The van der Waals surface area contributed by atoms with E-state index in [4.69, 9.17) is 0 Å². The minimum absolute atomic E-state index is 0.531. The lowest BCUT2D eigenvalue weighted by Gasteiger charge is -2.46. The largest absolute Gasteiger partial charge is 0.395 e. The summed E-state index contributed by atoms with van der Waals surface area (Å²) in [7, 11) is 0. The smallest absolute Gasteiger partial charge is 0.127 e. The van der Waals surface area contributed by atoms with E-state index in [9.17, 15) is 20.4 Å². The number of hydrogen-bond donors (Lipinski definition) is 4. The fourth-order valence-corrected chi connectivity index (χ4v) is 7.71. The van der Waals surface area contributed by atoms with Crippen LogP contribution < -0.4 is 0 Å². The minimum atomic E-state index is -1.74. The summed E-state index contributed by atoms with van der Waals surface area (Å²) in [6.45, 7) is 2.95. The fraction of sp³-hybridized carbons (Fsp3) is 0.733. The van der Waals surface area contributed by atoms with Crippen molar-refractivity contribution in [1.82, 2.24) is 0 Å². The molecule has 0 aromatic heterocycles. The molecule has 0 bridgehead atoms. The van der Waals surface area contributed by atoms with Crippen molar-refractivity contribution in [3.8, 4) is 0 Å². The van der Waals surface area contributed by atoms with Gasteiger partial charge in [0.25, 0.3) is 0 Å². The number of rotatable bonds is 32. The topological polar surface area (TPSA) is 80.9 Å². The predicted octanol–water partition coefficient (Wildman–Crippen LogP) is 11.4. The molecular formula is C45H76O4. The fourth-order valence-electron chi connectivity index (χ4n) is 7.71. The van der Waals surface area contributed by atoms with Crippen LogP contribution in [0.2, 0.25) is 0 Å². The highest BCUT2D eigenvalue weighted by atomic mass is 16.3. The van der Waals surface area contributed by atoms with Crippen LogP contribution in [0.4, 0.5) is 0 Å². The van der Waals surface area contributed by atoms with Crippen molar-refractivity contribution in [2.24, 2.45) is 5.41 Å². The molecule has 4 heteroatoms. The van der Waals surface area contributed by atoms with Crippen LogP contribution in [0, 0.1) is 5.41 Å². The summed E-state index contributed by atoms with van der Waals surface area (Å²) in [6, 6.07) is 15.9. The van der Waals surface area contributed by atoms with E-state index < -0.39 is 30.8 Å². The minimum Gasteiger partial charge on any atom is -0.395 e. The lowest BCUT2D eigenvalue weighted by molar-refractivity contribution is -0.136. The number of unbranched alkanes of at least 4 members (excludes halogenated alkanes) is 22. The summed E-state index contributed by atoms with van der Waals surface area (Å²) in [4.78, 5) is 0. The van der Waals surface area contributed by atoms with Crippen LogP contribution in [0.1, 0.15) is 190 Å². The van der Waals surface area contributed by atoms with Crippen molar-refractivity contribution in [2.45, 2.75) is 186 Å². The number of aliphatic hydroxyl groups excluding tert-OH is 3. The van der Waals surface area contributed by atoms with E-state index in [0.717, 1.165) is 49.7 Å².